The van der Waals surface area contributed by atoms with E-state index in [0.717, 1.165) is 17.7 Å². The van der Waals surface area contributed by atoms with E-state index >= 15 is 0 Å². The number of benzene rings is 1. The maximum atomic E-state index is 9.27. The number of rotatable bonds is 5. The summed E-state index contributed by atoms with van der Waals surface area (Å²) in [6.45, 7) is 6.78. The Balaban J connectivity index is 2.94. The molecule has 0 aromatic heterocycles. The van der Waals surface area contributed by atoms with Crippen LogP contribution in [0.25, 0.3) is 0 Å². The van der Waals surface area contributed by atoms with Crippen molar-refractivity contribution in [2.24, 2.45) is 5.41 Å². The van der Waals surface area contributed by atoms with Crippen molar-refractivity contribution < 1.29 is 9.84 Å². The lowest BCUT2D eigenvalue weighted by molar-refractivity contribution is 0.158. The molecule has 3 nitrogen and oxygen atoms in total. The fraction of sp³-hybridized carbons (Fsp3) is 0.538. The smallest absolute Gasteiger partial charge is 0.124 e. The SMILES string of the molecule is CCOc1cc(N)ccc1CC(C)(C)CO. The van der Waals surface area contributed by atoms with Crippen molar-refractivity contribution >= 4 is 5.69 Å². The number of ether oxygens (including phenoxy) is 1. The van der Waals surface area contributed by atoms with Crippen LogP contribution in [0.4, 0.5) is 5.69 Å². The fourth-order valence-corrected chi connectivity index (χ4v) is 1.58. The maximum absolute atomic E-state index is 9.27. The van der Waals surface area contributed by atoms with Gasteiger partial charge in [0.15, 0.2) is 0 Å². The minimum atomic E-state index is -0.137. The van der Waals surface area contributed by atoms with Crippen molar-refractivity contribution in [1.29, 1.82) is 0 Å². The highest BCUT2D eigenvalue weighted by Gasteiger charge is 2.19. The predicted octanol–water partition coefficient (Wildman–Crippen LogP) is 2.23. The Kier molecular flexibility index (Phi) is 4.19. The summed E-state index contributed by atoms with van der Waals surface area (Å²) in [5.74, 6) is 0.823. The lowest BCUT2D eigenvalue weighted by Crippen LogP contribution is -2.20. The summed E-state index contributed by atoms with van der Waals surface area (Å²) < 4.78 is 5.55. The molecule has 3 N–H and O–H groups in total. The van der Waals surface area contributed by atoms with Crippen LogP contribution in [0.1, 0.15) is 26.3 Å². The van der Waals surface area contributed by atoms with Crippen LogP contribution in [0.5, 0.6) is 5.75 Å². The van der Waals surface area contributed by atoms with Crippen LogP contribution in [0.2, 0.25) is 0 Å². The average molecular weight is 223 g/mol. The first-order valence-electron chi connectivity index (χ1n) is 5.60. The number of nitrogens with two attached hydrogens (primary N) is 1. The Morgan fingerprint density at radius 1 is 1.38 bits per heavy atom. The molecular weight excluding hydrogens is 202 g/mol. The molecule has 1 rings (SSSR count). The van der Waals surface area contributed by atoms with Gasteiger partial charge in [0.25, 0.3) is 0 Å². The number of hydrogen-bond acceptors (Lipinski definition) is 3. The standard InChI is InChI=1S/C13H21NO2/c1-4-16-12-7-11(14)6-5-10(12)8-13(2,3)9-15/h5-7,15H,4,8-9,14H2,1-3H3. The van der Waals surface area contributed by atoms with E-state index in [1.807, 2.05) is 39.0 Å². The van der Waals surface area contributed by atoms with Crippen molar-refractivity contribution in [3.05, 3.63) is 23.8 Å². The molecule has 1 aromatic carbocycles. The number of aliphatic hydroxyl groups excluding tert-OH is 1. The zero-order valence-corrected chi connectivity index (χ0v) is 10.3. The summed E-state index contributed by atoms with van der Waals surface area (Å²) in [6.07, 6.45) is 0.777. The Morgan fingerprint density at radius 3 is 2.62 bits per heavy atom. The molecule has 0 aliphatic heterocycles. The lowest BCUT2D eigenvalue weighted by atomic mass is 9.86. The number of anilines is 1. The van der Waals surface area contributed by atoms with Crippen LogP contribution in [0.15, 0.2) is 18.2 Å². The predicted molar refractivity (Wildman–Crippen MR) is 66.6 cm³/mol. The van der Waals surface area contributed by atoms with Gasteiger partial charge in [-0.2, -0.15) is 0 Å². The number of hydrogen-bond donors (Lipinski definition) is 2. The van der Waals surface area contributed by atoms with E-state index in [4.69, 9.17) is 10.5 Å². The summed E-state index contributed by atoms with van der Waals surface area (Å²) in [5, 5.41) is 9.27. The first-order valence-corrected chi connectivity index (χ1v) is 5.60. The third kappa shape index (κ3) is 3.42. The molecule has 0 heterocycles. The topological polar surface area (TPSA) is 55.5 Å². The zero-order valence-electron chi connectivity index (χ0n) is 10.3. The normalized spacial score (nSPS) is 11.5. The van der Waals surface area contributed by atoms with Gasteiger partial charge in [-0.1, -0.05) is 19.9 Å². The van der Waals surface area contributed by atoms with Crippen molar-refractivity contribution in [2.75, 3.05) is 18.9 Å². The first kappa shape index (κ1) is 12.8. The second-order valence-electron chi connectivity index (χ2n) is 4.80. The maximum Gasteiger partial charge on any atom is 0.124 e. The van der Waals surface area contributed by atoms with E-state index in [-0.39, 0.29) is 12.0 Å². The molecule has 0 amide bonds. The molecule has 0 saturated carbocycles. The molecule has 0 radical (unpaired) electrons. The molecule has 0 fully saturated rings. The molecule has 0 unspecified atom stereocenters. The van der Waals surface area contributed by atoms with Crippen LogP contribution >= 0.6 is 0 Å². The lowest BCUT2D eigenvalue weighted by Gasteiger charge is -2.23. The summed E-state index contributed by atoms with van der Waals surface area (Å²) in [6, 6.07) is 5.68. The molecular formula is C13H21NO2. The Morgan fingerprint density at radius 2 is 2.06 bits per heavy atom. The second-order valence-corrected chi connectivity index (χ2v) is 4.80. The fourth-order valence-electron chi connectivity index (χ4n) is 1.58. The van der Waals surface area contributed by atoms with Crippen LogP contribution in [-0.2, 0) is 6.42 Å². The Bertz CT molecular complexity index is 348. The van der Waals surface area contributed by atoms with Crippen molar-refractivity contribution in [1.82, 2.24) is 0 Å². The molecule has 90 valence electrons. The van der Waals surface area contributed by atoms with Crippen molar-refractivity contribution in [3.8, 4) is 5.75 Å². The van der Waals surface area contributed by atoms with E-state index in [2.05, 4.69) is 0 Å². The first-order chi connectivity index (χ1) is 7.48. The molecule has 16 heavy (non-hydrogen) atoms. The molecule has 0 aliphatic carbocycles. The van der Waals surface area contributed by atoms with E-state index in [1.54, 1.807) is 0 Å². The van der Waals surface area contributed by atoms with Gasteiger partial charge < -0.3 is 15.6 Å². The van der Waals surface area contributed by atoms with Gasteiger partial charge >= 0.3 is 0 Å². The molecule has 0 bridgehead atoms. The zero-order chi connectivity index (χ0) is 12.2. The van der Waals surface area contributed by atoms with E-state index in [9.17, 15) is 5.11 Å². The highest BCUT2D eigenvalue weighted by molar-refractivity contribution is 5.48. The van der Waals surface area contributed by atoms with Gasteiger partial charge in [0, 0.05) is 18.4 Å². The monoisotopic (exact) mass is 223 g/mol. The quantitative estimate of drug-likeness (QED) is 0.753. The van der Waals surface area contributed by atoms with Crippen LogP contribution in [-0.4, -0.2) is 18.3 Å². The van der Waals surface area contributed by atoms with Gasteiger partial charge in [0.05, 0.1) is 6.61 Å². The van der Waals surface area contributed by atoms with Gasteiger partial charge in [0.1, 0.15) is 5.75 Å². The highest BCUT2D eigenvalue weighted by atomic mass is 16.5. The van der Waals surface area contributed by atoms with Crippen LogP contribution in [0, 0.1) is 5.41 Å². The summed E-state index contributed by atoms with van der Waals surface area (Å²) in [4.78, 5) is 0. The van der Waals surface area contributed by atoms with Gasteiger partial charge in [-0.3, -0.25) is 0 Å². The van der Waals surface area contributed by atoms with Gasteiger partial charge in [-0.05, 0) is 30.4 Å². The van der Waals surface area contributed by atoms with Crippen molar-refractivity contribution in [2.45, 2.75) is 27.2 Å². The van der Waals surface area contributed by atoms with Gasteiger partial charge in [-0.15, -0.1) is 0 Å². The summed E-state index contributed by atoms with van der Waals surface area (Å²) >= 11 is 0. The highest BCUT2D eigenvalue weighted by Crippen LogP contribution is 2.29. The minimum absolute atomic E-state index is 0.137. The van der Waals surface area contributed by atoms with E-state index in [0.29, 0.717) is 12.3 Å². The van der Waals surface area contributed by atoms with Crippen LogP contribution in [0.3, 0.4) is 0 Å². The summed E-state index contributed by atoms with van der Waals surface area (Å²) in [5.41, 5.74) is 7.38. The van der Waals surface area contributed by atoms with Gasteiger partial charge in [-0.25, -0.2) is 0 Å². The molecule has 3 heteroatoms. The Labute approximate surface area is 97.2 Å². The van der Waals surface area contributed by atoms with E-state index < -0.39 is 0 Å². The Hall–Kier alpha value is -1.22. The third-order valence-corrected chi connectivity index (χ3v) is 2.49. The average Bonchev–Trinajstić information content (AvgIpc) is 2.22. The molecule has 0 atom stereocenters. The molecule has 1 aromatic rings. The molecule has 0 saturated heterocycles. The minimum Gasteiger partial charge on any atom is -0.494 e. The largest absolute Gasteiger partial charge is 0.494 e. The molecule has 0 spiro atoms. The second kappa shape index (κ2) is 5.21. The number of nitrogen functional groups attached to an aromatic ring is 1. The van der Waals surface area contributed by atoms with Crippen LogP contribution < -0.4 is 10.5 Å². The number of aliphatic hydroxyl groups is 1. The van der Waals surface area contributed by atoms with E-state index in [1.165, 1.54) is 0 Å². The third-order valence-electron chi connectivity index (χ3n) is 2.49. The van der Waals surface area contributed by atoms with Crippen molar-refractivity contribution in [3.63, 3.8) is 0 Å². The molecule has 0 aliphatic rings. The van der Waals surface area contributed by atoms with Gasteiger partial charge in [0.2, 0.25) is 0 Å². The summed E-state index contributed by atoms with van der Waals surface area (Å²) in [7, 11) is 0.